The van der Waals surface area contributed by atoms with Crippen LogP contribution in [-0.4, -0.2) is 11.8 Å². The zero-order valence-electron chi connectivity index (χ0n) is 7.75. The van der Waals surface area contributed by atoms with E-state index in [1.54, 1.807) is 6.08 Å². The fourth-order valence-electron chi connectivity index (χ4n) is 1.90. The summed E-state index contributed by atoms with van der Waals surface area (Å²) in [4.78, 5) is 11.0. The Hall–Kier alpha value is -1.05. The Bertz CT molecular complexity index is 265. The van der Waals surface area contributed by atoms with Crippen LogP contribution in [0.5, 0.6) is 0 Å². The van der Waals surface area contributed by atoms with Crippen LogP contribution in [0.1, 0.15) is 32.1 Å². The predicted octanol–water partition coefficient (Wildman–Crippen LogP) is 1.93. The molecule has 0 aliphatic heterocycles. The molecule has 1 N–H and O–H groups in total. The maximum Gasteiger partial charge on any atom is 0.157 e. The van der Waals surface area contributed by atoms with Crippen LogP contribution in [0.3, 0.4) is 0 Å². The van der Waals surface area contributed by atoms with E-state index in [0.29, 0.717) is 12.5 Å². The van der Waals surface area contributed by atoms with Crippen molar-refractivity contribution in [3.8, 4) is 0 Å². The molecule has 0 bridgehead atoms. The lowest BCUT2D eigenvalue weighted by molar-refractivity contribution is -0.114. The zero-order valence-corrected chi connectivity index (χ0v) is 7.75. The number of hydrogen-bond acceptors (Lipinski definition) is 2. The van der Waals surface area contributed by atoms with Gasteiger partial charge in [-0.1, -0.05) is 12.2 Å². The smallest absolute Gasteiger partial charge is 0.157 e. The van der Waals surface area contributed by atoms with Crippen molar-refractivity contribution in [2.24, 2.45) is 0 Å². The van der Waals surface area contributed by atoms with E-state index in [1.807, 2.05) is 0 Å². The normalized spacial score (nSPS) is 27.5. The highest BCUT2D eigenvalue weighted by molar-refractivity contribution is 5.92. The maximum atomic E-state index is 11.0. The second-order valence-corrected chi connectivity index (χ2v) is 3.76. The molecule has 2 nitrogen and oxygen atoms in total. The van der Waals surface area contributed by atoms with E-state index in [9.17, 15) is 4.79 Å². The molecule has 0 radical (unpaired) electrons. The molecule has 70 valence electrons. The third-order valence-corrected chi connectivity index (χ3v) is 2.63. The number of carbonyl (C=O) groups is 1. The van der Waals surface area contributed by atoms with Gasteiger partial charge < -0.3 is 5.32 Å². The molecular formula is C11H15NO. The molecule has 0 saturated heterocycles. The van der Waals surface area contributed by atoms with Crippen molar-refractivity contribution in [1.82, 2.24) is 5.32 Å². The maximum absolute atomic E-state index is 11.0. The number of rotatable bonds is 2. The Kier molecular flexibility index (Phi) is 2.48. The molecule has 2 heteroatoms. The van der Waals surface area contributed by atoms with Crippen LogP contribution < -0.4 is 5.32 Å². The first kappa shape index (κ1) is 8.54. The van der Waals surface area contributed by atoms with Gasteiger partial charge in [0.1, 0.15) is 0 Å². The number of hydrogen-bond donors (Lipinski definition) is 1. The van der Waals surface area contributed by atoms with Crippen molar-refractivity contribution in [2.75, 3.05) is 0 Å². The van der Waals surface area contributed by atoms with Crippen LogP contribution >= 0.6 is 0 Å². The fourth-order valence-corrected chi connectivity index (χ4v) is 1.90. The summed E-state index contributed by atoms with van der Waals surface area (Å²) in [5.41, 5.74) is 1.14. The minimum Gasteiger partial charge on any atom is -0.385 e. The summed E-state index contributed by atoms with van der Waals surface area (Å²) in [5.74, 6) is 0.272. The van der Waals surface area contributed by atoms with Gasteiger partial charge in [0.2, 0.25) is 0 Å². The molecule has 2 aliphatic rings. The lowest BCUT2D eigenvalue weighted by atomic mass is 10.0. The molecule has 2 aliphatic carbocycles. The van der Waals surface area contributed by atoms with E-state index in [-0.39, 0.29) is 5.78 Å². The van der Waals surface area contributed by atoms with E-state index in [0.717, 1.165) is 18.5 Å². The van der Waals surface area contributed by atoms with Crippen LogP contribution in [0.25, 0.3) is 0 Å². The van der Waals surface area contributed by atoms with Crippen LogP contribution in [0, 0.1) is 0 Å². The zero-order chi connectivity index (χ0) is 9.10. The Morgan fingerprint density at radius 1 is 1.31 bits per heavy atom. The van der Waals surface area contributed by atoms with E-state index < -0.39 is 0 Å². The first-order chi connectivity index (χ1) is 6.34. The molecule has 0 aromatic carbocycles. The summed E-state index contributed by atoms with van der Waals surface area (Å²) < 4.78 is 0. The second kappa shape index (κ2) is 3.77. The Morgan fingerprint density at radius 2 is 2.23 bits per heavy atom. The molecule has 0 saturated carbocycles. The topological polar surface area (TPSA) is 29.1 Å². The summed E-state index contributed by atoms with van der Waals surface area (Å²) >= 11 is 0. The van der Waals surface area contributed by atoms with Crippen LogP contribution in [0.15, 0.2) is 23.9 Å². The largest absolute Gasteiger partial charge is 0.385 e. The molecule has 0 aromatic heterocycles. The Balaban J connectivity index is 1.87. The number of allylic oxidation sites excluding steroid dienone is 3. The summed E-state index contributed by atoms with van der Waals surface area (Å²) in [7, 11) is 0. The molecule has 2 rings (SSSR count). The average Bonchev–Trinajstić information content (AvgIpc) is 2.53. The summed E-state index contributed by atoms with van der Waals surface area (Å²) in [6, 6.07) is 0.558. The molecule has 0 amide bonds. The third-order valence-electron chi connectivity index (χ3n) is 2.63. The van der Waals surface area contributed by atoms with Gasteiger partial charge in [-0.05, 0) is 25.7 Å². The SMILES string of the molecule is O=C1C=C(NC2CC=CCC2)CC1. The van der Waals surface area contributed by atoms with Gasteiger partial charge in [-0.25, -0.2) is 0 Å². The number of carbonyl (C=O) groups excluding carboxylic acids is 1. The lowest BCUT2D eigenvalue weighted by Crippen LogP contribution is -2.28. The highest BCUT2D eigenvalue weighted by Gasteiger charge is 2.15. The van der Waals surface area contributed by atoms with Gasteiger partial charge in [0, 0.05) is 24.2 Å². The van der Waals surface area contributed by atoms with Crippen molar-refractivity contribution in [3.05, 3.63) is 23.9 Å². The number of ketones is 1. The van der Waals surface area contributed by atoms with E-state index in [4.69, 9.17) is 0 Å². The van der Waals surface area contributed by atoms with Gasteiger partial charge in [0.25, 0.3) is 0 Å². The van der Waals surface area contributed by atoms with Crippen molar-refractivity contribution >= 4 is 5.78 Å². The van der Waals surface area contributed by atoms with Crippen LogP contribution in [-0.2, 0) is 4.79 Å². The van der Waals surface area contributed by atoms with E-state index >= 15 is 0 Å². The first-order valence-electron chi connectivity index (χ1n) is 4.99. The highest BCUT2D eigenvalue weighted by atomic mass is 16.1. The quantitative estimate of drug-likeness (QED) is 0.653. The van der Waals surface area contributed by atoms with Gasteiger partial charge in [0.05, 0.1) is 0 Å². The highest BCUT2D eigenvalue weighted by Crippen LogP contribution is 2.17. The van der Waals surface area contributed by atoms with E-state index in [2.05, 4.69) is 17.5 Å². The molecule has 0 aromatic rings. The molecule has 0 fully saturated rings. The van der Waals surface area contributed by atoms with Crippen molar-refractivity contribution in [1.29, 1.82) is 0 Å². The molecule has 1 unspecified atom stereocenters. The van der Waals surface area contributed by atoms with Crippen LogP contribution in [0.2, 0.25) is 0 Å². The van der Waals surface area contributed by atoms with Crippen molar-refractivity contribution in [3.63, 3.8) is 0 Å². The van der Waals surface area contributed by atoms with Gasteiger partial charge in [-0.3, -0.25) is 4.79 Å². The third kappa shape index (κ3) is 2.20. The second-order valence-electron chi connectivity index (χ2n) is 3.76. The molecule has 0 spiro atoms. The predicted molar refractivity (Wildman–Crippen MR) is 52.2 cm³/mol. The minimum absolute atomic E-state index is 0.272. The molecular weight excluding hydrogens is 162 g/mol. The number of nitrogens with one attached hydrogen (secondary N) is 1. The summed E-state index contributed by atoms with van der Waals surface area (Å²) in [6.07, 6.45) is 11.3. The van der Waals surface area contributed by atoms with Gasteiger partial charge in [-0.15, -0.1) is 0 Å². The van der Waals surface area contributed by atoms with Crippen molar-refractivity contribution in [2.45, 2.75) is 38.1 Å². The van der Waals surface area contributed by atoms with Crippen LogP contribution in [0.4, 0.5) is 0 Å². The monoisotopic (exact) mass is 177 g/mol. The Labute approximate surface area is 78.7 Å². The Morgan fingerprint density at radius 3 is 2.85 bits per heavy atom. The van der Waals surface area contributed by atoms with Gasteiger partial charge >= 0.3 is 0 Å². The van der Waals surface area contributed by atoms with Crippen molar-refractivity contribution < 1.29 is 4.79 Å². The van der Waals surface area contributed by atoms with Gasteiger partial charge in [0.15, 0.2) is 5.78 Å². The first-order valence-corrected chi connectivity index (χ1v) is 4.99. The standard InChI is InChI=1S/C11H15NO/c13-11-7-6-10(8-11)12-9-4-2-1-3-5-9/h1-2,8-9,12H,3-7H2. The minimum atomic E-state index is 0.272. The lowest BCUT2D eigenvalue weighted by Gasteiger charge is -2.20. The average molecular weight is 177 g/mol. The molecule has 13 heavy (non-hydrogen) atoms. The molecule has 1 atom stereocenters. The van der Waals surface area contributed by atoms with Gasteiger partial charge in [-0.2, -0.15) is 0 Å². The molecule has 0 heterocycles. The fraction of sp³-hybridized carbons (Fsp3) is 0.545. The van der Waals surface area contributed by atoms with E-state index in [1.165, 1.54) is 12.8 Å². The summed E-state index contributed by atoms with van der Waals surface area (Å²) in [6.45, 7) is 0. The summed E-state index contributed by atoms with van der Waals surface area (Å²) in [5, 5.41) is 3.44.